The summed E-state index contributed by atoms with van der Waals surface area (Å²) in [6.45, 7) is 12.1. The number of hydrogen-bond donors (Lipinski definition) is 2. The third-order valence-corrected chi connectivity index (χ3v) is 5.89. The number of nitrogens with zero attached hydrogens (tertiary/aromatic N) is 1. The van der Waals surface area contributed by atoms with Crippen LogP contribution in [0, 0.1) is 19.8 Å². The summed E-state index contributed by atoms with van der Waals surface area (Å²) in [6.07, 6.45) is 4.02. The smallest absolute Gasteiger partial charge is 0.279 e. The molecule has 153 valence electrons. The van der Waals surface area contributed by atoms with Crippen molar-refractivity contribution in [1.29, 1.82) is 0 Å². The normalized spacial score (nSPS) is 21.5. The number of piperidine rings is 1. The molecule has 5 nitrogen and oxygen atoms in total. The van der Waals surface area contributed by atoms with Crippen molar-refractivity contribution >= 4 is 17.5 Å². The van der Waals surface area contributed by atoms with E-state index in [-0.39, 0.29) is 50.4 Å². The zero-order chi connectivity index (χ0) is 19.9. The summed E-state index contributed by atoms with van der Waals surface area (Å²) in [5.74, 6) is 0.221. The van der Waals surface area contributed by atoms with Crippen LogP contribution in [0.5, 0.6) is 0 Å². The SMILES string of the molecule is CCCCNC(=O)C1CCC[N+](CC)(CC(=O)Nc2c(C)cccc2C)C1.[Y]. The van der Waals surface area contributed by atoms with E-state index in [1.807, 2.05) is 32.0 Å². The number of benzene rings is 1. The van der Waals surface area contributed by atoms with Gasteiger partial charge in [0.1, 0.15) is 0 Å². The Balaban J connectivity index is 0.00000392. The van der Waals surface area contributed by atoms with Gasteiger partial charge in [0.2, 0.25) is 5.91 Å². The number of likely N-dealkylation sites (tertiary alicyclic amines) is 1. The molecule has 2 unspecified atom stereocenters. The van der Waals surface area contributed by atoms with Crippen molar-refractivity contribution < 1.29 is 46.8 Å². The molecule has 1 heterocycles. The minimum Gasteiger partial charge on any atom is -0.356 e. The number of rotatable bonds is 8. The maximum absolute atomic E-state index is 12.8. The number of likely N-dealkylation sites (N-methyl/N-ethyl adjacent to an activating group) is 1. The topological polar surface area (TPSA) is 58.2 Å². The summed E-state index contributed by atoms with van der Waals surface area (Å²) in [7, 11) is 0. The zero-order valence-corrected chi connectivity index (χ0v) is 20.9. The molecule has 28 heavy (non-hydrogen) atoms. The molecule has 1 aliphatic rings. The van der Waals surface area contributed by atoms with E-state index < -0.39 is 0 Å². The Labute approximate surface area is 195 Å². The van der Waals surface area contributed by atoms with Crippen LogP contribution in [0.3, 0.4) is 0 Å². The van der Waals surface area contributed by atoms with Gasteiger partial charge in [0.15, 0.2) is 6.54 Å². The fourth-order valence-corrected chi connectivity index (χ4v) is 4.11. The van der Waals surface area contributed by atoms with Gasteiger partial charge in [-0.15, -0.1) is 0 Å². The van der Waals surface area contributed by atoms with Gasteiger partial charge in [-0.05, 0) is 51.2 Å². The number of amides is 2. The first kappa shape index (κ1) is 25.3. The summed E-state index contributed by atoms with van der Waals surface area (Å²) in [5, 5.41) is 6.19. The van der Waals surface area contributed by atoms with Crippen LogP contribution in [0.25, 0.3) is 0 Å². The number of hydrogen-bond acceptors (Lipinski definition) is 2. The fraction of sp³-hybridized carbons (Fsp3) is 0.636. The molecule has 1 aromatic carbocycles. The first-order valence-corrected chi connectivity index (χ1v) is 10.4. The number of para-hydroxylation sites is 1. The minimum absolute atomic E-state index is 0. The van der Waals surface area contributed by atoms with Crippen LogP contribution in [0.15, 0.2) is 18.2 Å². The Kier molecular flexibility index (Phi) is 10.9. The number of nitrogens with one attached hydrogen (secondary N) is 2. The fourth-order valence-electron chi connectivity index (χ4n) is 4.11. The molecule has 1 saturated heterocycles. The Morgan fingerprint density at radius 3 is 2.46 bits per heavy atom. The zero-order valence-electron chi connectivity index (χ0n) is 18.0. The van der Waals surface area contributed by atoms with Gasteiger partial charge in [-0.25, -0.2) is 0 Å². The summed E-state index contributed by atoms with van der Waals surface area (Å²) in [6, 6.07) is 6.04. The molecule has 0 aliphatic carbocycles. The summed E-state index contributed by atoms with van der Waals surface area (Å²) in [5.41, 5.74) is 3.08. The van der Waals surface area contributed by atoms with Crippen molar-refractivity contribution in [2.75, 3.05) is 38.0 Å². The number of aryl methyl sites for hydroxylation is 2. The van der Waals surface area contributed by atoms with Crippen LogP contribution < -0.4 is 10.6 Å². The molecule has 1 fully saturated rings. The molecule has 2 atom stereocenters. The number of unbranched alkanes of at least 4 members (excludes halogenated alkanes) is 1. The van der Waals surface area contributed by atoms with E-state index in [4.69, 9.17) is 0 Å². The molecular weight excluding hydrogens is 427 g/mol. The summed E-state index contributed by atoms with van der Waals surface area (Å²) in [4.78, 5) is 25.3. The van der Waals surface area contributed by atoms with Crippen molar-refractivity contribution in [3.05, 3.63) is 29.3 Å². The molecular formula is C22H36N3O2Y+. The van der Waals surface area contributed by atoms with E-state index in [2.05, 4.69) is 24.5 Å². The van der Waals surface area contributed by atoms with Gasteiger partial charge in [-0.2, -0.15) is 0 Å². The molecule has 1 aromatic rings. The van der Waals surface area contributed by atoms with Crippen molar-refractivity contribution in [3.8, 4) is 0 Å². The molecule has 0 spiro atoms. The third kappa shape index (κ3) is 6.93. The van der Waals surface area contributed by atoms with E-state index in [0.29, 0.717) is 11.0 Å². The van der Waals surface area contributed by atoms with Crippen LogP contribution in [0.1, 0.15) is 50.7 Å². The molecule has 0 saturated carbocycles. The molecule has 6 heteroatoms. The summed E-state index contributed by atoms with van der Waals surface area (Å²) >= 11 is 0. The van der Waals surface area contributed by atoms with Crippen molar-refractivity contribution in [2.24, 2.45) is 5.92 Å². The number of carbonyl (C=O) groups is 2. The standard InChI is InChI=1S/C22H35N3O2.Y/c1-5-7-13-23-22(27)19-12-9-14-25(6-2,15-19)16-20(26)24-21-17(3)10-8-11-18(21)4;/h8,10-11,19H,5-7,9,12-16H2,1-4H3,(H-,23,24,26,27);/p+1. The first-order valence-electron chi connectivity index (χ1n) is 10.4. The average molecular weight is 463 g/mol. The quantitative estimate of drug-likeness (QED) is 0.459. The first-order chi connectivity index (χ1) is 12.9. The van der Waals surface area contributed by atoms with E-state index >= 15 is 0 Å². The van der Waals surface area contributed by atoms with Crippen LogP contribution in [0.2, 0.25) is 0 Å². The summed E-state index contributed by atoms with van der Waals surface area (Å²) < 4.78 is 0.697. The van der Waals surface area contributed by atoms with Gasteiger partial charge < -0.3 is 15.1 Å². The van der Waals surface area contributed by atoms with Gasteiger partial charge >= 0.3 is 0 Å². The van der Waals surface area contributed by atoms with Crippen LogP contribution in [0.4, 0.5) is 5.69 Å². The molecule has 0 aromatic heterocycles. The Morgan fingerprint density at radius 1 is 1.18 bits per heavy atom. The molecule has 0 bridgehead atoms. The average Bonchev–Trinajstić information content (AvgIpc) is 2.65. The molecule has 2 amide bonds. The predicted molar refractivity (Wildman–Crippen MR) is 111 cm³/mol. The molecule has 2 N–H and O–H groups in total. The van der Waals surface area contributed by atoms with Crippen molar-refractivity contribution in [1.82, 2.24) is 5.32 Å². The van der Waals surface area contributed by atoms with Gasteiger partial charge in [-0.1, -0.05) is 31.5 Å². The monoisotopic (exact) mass is 463 g/mol. The van der Waals surface area contributed by atoms with E-state index in [9.17, 15) is 9.59 Å². The molecule has 1 aliphatic heterocycles. The minimum atomic E-state index is 0. The van der Waals surface area contributed by atoms with Gasteiger partial charge in [0, 0.05) is 44.9 Å². The maximum atomic E-state index is 12.8. The van der Waals surface area contributed by atoms with E-state index in [1.54, 1.807) is 0 Å². The van der Waals surface area contributed by atoms with Gasteiger partial charge in [0.25, 0.3) is 5.91 Å². The third-order valence-electron chi connectivity index (χ3n) is 5.89. The number of anilines is 1. The van der Waals surface area contributed by atoms with E-state index in [1.165, 1.54) is 0 Å². The largest absolute Gasteiger partial charge is 0.356 e. The molecule has 2 rings (SSSR count). The van der Waals surface area contributed by atoms with Crippen molar-refractivity contribution in [3.63, 3.8) is 0 Å². The van der Waals surface area contributed by atoms with Crippen LogP contribution in [-0.2, 0) is 42.3 Å². The predicted octanol–water partition coefficient (Wildman–Crippen LogP) is 3.40. The Bertz CT molecular complexity index is 645. The molecule has 1 radical (unpaired) electrons. The van der Waals surface area contributed by atoms with Crippen molar-refractivity contribution in [2.45, 2.75) is 53.4 Å². The maximum Gasteiger partial charge on any atom is 0.279 e. The Morgan fingerprint density at radius 2 is 1.86 bits per heavy atom. The second kappa shape index (κ2) is 12.0. The second-order valence-electron chi connectivity index (χ2n) is 8.02. The Hall–Kier alpha value is -0.776. The number of quaternary nitrogens is 1. The van der Waals surface area contributed by atoms with Crippen LogP contribution >= 0.6 is 0 Å². The second-order valence-corrected chi connectivity index (χ2v) is 8.02. The van der Waals surface area contributed by atoms with Gasteiger partial charge in [0.05, 0.1) is 25.6 Å². The van der Waals surface area contributed by atoms with Crippen LogP contribution in [-0.4, -0.2) is 49.0 Å². The van der Waals surface area contributed by atoms with E-state index in [0.717, 1.165) is 68.7 Å². The van der Waals surface area contributed by atoms with Gasteiger partial charge in [-0.3, -0.25) is 9.59 Å². The number of carbonyl (C=O) groups excluding carboxylic acids is 2.